The Morgan fingerprint density at radius 1 is 1.47 bits per heavy atom. The van der Waals surface area contributed by atoms with Gasteiger partial charge in [-0.3, -0.25) is 0 Å². The molecule has 0 spiro atoms. The number of imidazole rings is 1. The van der Waals surface area contributed by atoms with Crippen LogP contribution in [0.2, 0.25) is 0 Å². The molecule has 1 aliphatic rings. The number of rotatable bonds is 1. The van der Waals surface area contributed by atoms with Crippen molar-refractivity contribution in [3.63, 3.8) is 0 Å². The van der Waals surface area contributed by atoms with Gasteiger partial charge in [-0.05, 0) is 24.0 Å². The molecule has 0 bridgehead atoms. The van der Waals surface area contributed by atoms with Crippen molar-refractivity contribution in [1.82, 2.24) is 9.55 Å². The van der Waals surface area contributed by atoms with Crippen LogP contribution in [0.15, 0.2) is 24.3 Å². The first-order valence-corrected chi connectivity index (χ1v) is 5.13. The van der Waals surface area contributed by atoms with Gasteiger partial charge in [-0.25, -0.2) is 4.98 Å². The van der Waals surface area contributed by atoms with Crippen LogP contribution in [-0.2, 0) is 6.61 Å². The highest BCUT2D eigenvalue weighted by Gasteiger charge is 2.31. The monoisotopic (exact) mass is 231 g/mol. The zero-order chi connectivity index (χ0) is 12.0. The Morgan fingerprint density at radius 2 is 2.24 bits per heavy atom. The molecule has 17 heavy (non-hydrogen) atoms. The van der Waals surface area contributed by atoms with E-state index in [1.807, 2.05) is 12.1 Å². The van der Waals surface area contributed by atoms with Crippen LogP contribution < -0.4 is 4.74 Å². The van der Waals surface area contributed by atoms with E-state index in [-0.39, 0.29) is 12.4 Å². The summed E-state index contributed by atoms with van der Waals surface area (Å²) in [6, 6.07) is 7.22. The minimum absolute atomic E-state index is 0.00995. The Hall–Kier alpha value is -2.37. The van der Waals surface area contributed by atoms with Gasteiger partial charge in [0.2, 0.25) is 5.82 Å². The molecule has 0 unspecified atom stereocenters. The van der Waals surface area contributed by atoms with Crippen molar-refractivity contribution in [2.24, 2.45) is 0 Å². The number of nitro groups is 1. The molecule has 0 amide bonds. The van der Waals surface area contributed by atoms with Crippen LogP contribution >= 0.6 is 0 Å². The van der Waals surface area contributed by atoms with Crippen LogP contribution in [0.3, 0.4) is 0 Å². The summed E-state index contributed by atoms with van der Waals surface area (Å²) in [6.07, 6.45) is 0. The molecule has 3 rings (SSSR count). The van der Waals surface area contributed by atoms with E-state index in [4.69, 9.17) is 4.74 Å². The second-order valence-electron chi connectivity index (χ2n) is 3.79. The van der Waals surface area contributed by atoms with Crippen molar-refractivity contribution in [2.45, 2.75) is 13.5 Å². The van der Waals surface area contributed by atoms with E-state index >= 15 is 0 Å². The number of para-hydroxylation sites is 2. The molecule has 0 N–H and O–H groups in total. The number of aryl methyl sites for hydroxylation is 1. The Morgan fingerprint density at radius 3 is 3.00 bits per heavy atom. The first-order valence-electron chi connectivity index (χ1n) is 5.13. The first kappa shape index (κ1) is 9.83. The molecule has 2 heterocycles. The Kier molecular flexibility index (Phi) is 1.91. The average Bonchev–Trinajstić information content (AvgIpc) is 2.65. The fraction of sp³-hybridized carbons (Fsp3) is 0.182. The topological polar surface area (TPSA) is 70.2 Å². The molecule has 1 aliphatic heterocycles. The van der Waals surface area contributed by atoms with Crippen LogP contribution in [0.4, 0.5) is 5.82 Å². The van der Waals surface area contributed by atoms with Gasteiger partial charge >= 0.3 is 5.82 Å². The number of ether oxygens (including phenoxy) is 1. The molecule has 0 radical (unpaired) electrons. The summed E-state index contributed by atoms with van der Waals surface area (Å²) in [6.45, 7) is 1.89. The van der Waals surface area contributed by atoms with Crippen LogP contribution in [0, 0.1) is 17.0 Å². The van der Waals surface area contributed by atoms with E-state index in [1.165, 1.54) is 0 Å². The van der Waals surface area contributed by atoms with Gasteiger partial charge in [0.25, 0.3) is 0 Å². The number of hydrogen-bond donors (Lipinski definition) is 0. The molecule has 0 fully saturated rings. The van der Waals surface area contributed by atoms with Crippen molar-refractivity contribution in [3.8, 4) is 11.4 Å². The van der Waals surface area contributed by atoms with Gasteiger partial charge in [0, 0.05) is 0 Å². The summed E-state index contributed by atoms with van der Waals surface area (Å²) in [5.74, 6) is 1.21. The van der Waals surface area contributed by atoms with Crippen molar-refractivity contribution < 1.29 is 9.66 Å². The third-order valence-corrected chi connectivity index (χ3v) is 2.73. The third kappa shape index (κ3) is 1.30. The zero-order valence-corrected chi connectivity index (χ0v) is 9.08. The predicted octanol–water partition coefficient (Wildman–Crippen LogP) is 1.98. The highest BCUT2D eigenvalue weighted by molar-refractivity contribution is 5.54. The second-order valence-corrected chi connectivity index (χ2v) is 3.79. The van der Waals surface area contributed by atoms with Gasteiger partial charge in [-0.2, -0.15) is 4.57 Å². The van der Waals surface area contributed by atoms with Crippen LogP contribution in [-0.4, -0.2) is 14.5 Å². The lowest BCUT2D eigenvalue weighted by atomic mass is 10.2. The molecule has 0 saturated heterocycles. The summed E-state index contributed by atoms with van der Waals surface area (Å²) in [7, 11) is 0. The van der Waals surface area contributed by atoms with Gasteiger partial charge in [-0.1, -0.05) is 12.1 Å². The van der Waals surface area contributed by atoms with Crippen LogP contribution in [0.5, 0.6) is 5.75 Å². The van der Waals surface area contributed by atoms with Crippen molar-refractivity contribution >= 4 is 5.82 Å². The SMILES string of the molecule is Cc1nc2n(c1[N+](=O)[O-])-c1ccccc1OC2. The van der Waals surface area contributed by atoms with Crippen molar-refractivity contribution in [1.29, 1.82) is 0 Å². The predicted molar refractivity (Wildman–Crippen MR) is 59.3 cm³/mol. The summed E-state index contributed by atoms with van der Waals surface area (Å²) < 4.78 is 7.04. The second kappa shape index (κ2) is 3.31. The lowest BCUT2D eigenvalue weighted by Crippen LogP contribution is -2.14. The van der Waals surface area contributed by atoms with Crippen molar-refractivity contribution in [3.05, 3.63) is 45.9 Å². The van der Waals surface area contributed by atoms with E-state index in [0.29, 0.717) is 23.0 Å². The third-order valence-electron chi connectivity index (χ3n) is 2.73. The Labute approximate surface area is 96.6 Å². The van der Waals surface area contributed by atoms with E-state index < -0.39 is 4.92 Å². The number of hydrogen-bond acceptors (Lipinski definition) is 4. The maximum absolute atomic E-state index is 11.1. The molecule has 1 aromatic heterocycles. The molecule has 6 heteroatoms. The molecular formula is C11H9N3O3. The lowest BCUT2D eigenvalue weighted by Gasteiger charge is -2.14. The summed E-state index contributed by atoms with van der Waals surface area (Å²) in [5, 5.41) is 11.1. The van der Waals surface area contributed by atoms with Crippen LogP contribution in [0.25, 0.3) is 5.69 Å². The van der Waals surface area contributed by atoms with E-state index in [1.54, 1.807) is 23.6 Å². The highest BCUT2D eigenvalue weighted by atomic mass is 16.6. The normalized spacial score (nSPS) is 12.5. The molecule has 6 nitrogen and oxygen atoms in total. The Bertz CT molecular complexity index is 618. The zero-order valence-electron chi connectivity index (χ0n) is 9.08. The smallest absolute Gasteiger partial charge is 0.351 e. The summed E-state index contributed by atoms with van der Waals surface area (Å²) >= 11 is 0. The molecule has 1 aromatic carbocycles. The quantitative estimate of drug-likeness (QED) is 0.555. The molecular weight excluding hydrogens is 222 g/mol. The fourth-order valence-corrected chi connectivity index (χ4v) is 2.05. The van der Waals surface area contributed by atoms with E-state index in [2.05, 4.69) is 4.98 Å². The largest absolute Gasteiger partial charge is 0.479 e. The minimum atomic E-state index is -0.409. The Balaban J connectivity index is 2.34. The molecule has 0 aliphatic carbocycles. The molecule has 86 valence electrons. The van der Waals surface area contributed by atoms with Crippen LogP contribution in [0.1, 0.15) is 11.5 Å². The van der Waals surface area contributed by atoms with Gasteiger partial charge in [-0.15, -0.1) is 0 Å². The number of nitrogens with zero attached hydrogens (tertiary/aromatic N) is 3. The minimum Gasteiger partial charge on any atom is -0.479 e. The fourth-order valence-electron chi connectivity index (χ4n) is 2.05. The maximum Gasteiger partial charge on any atom is 0.351 e. The summed E-state index contributed by atoms with van der Waals surface area (Å²) in [4.78, 5) is 14.8. The average molecular weight is 231 g/mol. The van der Waals surface area contributed by atoms with E-state index in [9.17, 15) is 10.1 Å². The van der Waals surface area contributed by atoms with E-state index in [0.717, 1.165) is 0 Å². The lowest BCUT2D eigenvalue weighted by molar-refractivity contribution is -0.391. The van der Waals surface area contributed by atoms with Gasteiger partial charge < -0.3 is 14.9 Å². The molecule has 0 atom stereocenters. The summed E-state index contributed by atoms with van der Waals surface area (Å²) in [5.41, 5.74) is 1.08. The molecule has 2 aromatic rings. The van der Waals surface area contributed by atoms with Gasteiger partial charge in [0.1, 0.15) is 5.69 Å². The number of fused-ring (bicyclic) bond motifs is 3. The van der Waals surface area contributed by atoms with Gasteiger partial charge in [0.05, 0.1) is 0 Å². The maximum atomic E-state index is 11.1. The molecule has 0 saturated carbocycles. The highest BCUT2D eigenvalue weighted by Crippen LogP contribution is 2.34. The number of aromatic nitrogens is 2. The first-order chi connectivity index (χ1) is 8.18. The number of benzene rings is 1. The van der Waals surface area contributed by atoms with Crippen molar-refractivity contribution in [2.75, 3.05) is 0 Å². The van der Waals surface area contributed by atoms with Gasteiger partial charge in [0.15, 0.2) is 18.0 Å². The standard InChI is InChI=1S/C11H9N3O3/c1-7-11(14(15)16)13-8-4-2-3-5-9(8)17-6-10(13)12-7/h2-5H,6H2,1H3.